The van der Waals surface area contributed by atoms with Crippen LogP contribution in [0.25, 0.3) is 0 Å². The fourth-order valence-corrected chi connectivity index (χ4v) is 4.16. The highest BCUT2D eigenvalue weighted by molar-refractivity contribution is 7.88. The Morgan fingerprint density at radius 3 is 2.70 bits per heavy atom. The van der Waals surface area contributed by atoms with Gasteiger partial charge in [-0.2, -0.15) is 0 Å². The summed E-state index contributed by atoms with van der Waals surface area (Å²) >= 11 is 0. The van der Waals surface area contributed by atoms with Gasteiger partial charge in [0.2, 0.25) is 10.0 Å². The summed E-state index contributed by atoms with van der Waals surface area (Å²) in [6.45, 7) is 6.28. The van der Waals surface area contributed by atoms with E-state index in [1.165, 1.54) is 0 Å². The Kier molecular flexibility index (Phi) is 7.02. The molecule has 130 valence electrons. The summed E-state index contributed by atoms with van der Waals surface area (Å²) in [5.41, 5.74) is 1.92. The molecule has 0 bridgehead atoms. The quantitative estimate of drug-likeness (QED) is 0.784. The SMILES string of the molecule is COCCN1CCC(CNS(=O)(=O)Cc2cccc(C)c2)CC1. The van der Waals surface area contributed by atoms with E-state index in [0.29, 0.717) is 12.5 Å². The summed E-state index contributed by atoms with van der Waals surface area (Å²) in [5, 5.41) is 0. The summed E-state index contributed by atoms with van der Waals surface area (Å²) in [4.78, 5) is 2.38. The summed E-state index contributed by atoms with van der Waals surface area (Å²) in [7, 11) is -1.54. The molecule has 1 aliphatic heterocycles. The summed E-state index contributed by atoms with van der Waals surface area (Å²) in [6.07, 6.45) is 2.08. The maximum atomic E-state index is 12.2. The fraction of sp³-hybridized carbons (Fsp3) is 0.647. The first-order valence-electron chi connectivity index (χ1n) is 8.22. The standard InChI is InChI=1S/C17H28N2O3S/c1-15-4-3-5-17(12-15)14-23(20,21)18-13-16-6-8-19(9-7-16)10-11-22-2/h3-5,12,16,18H,6-11,13-14H2,1-2H3. The van der Waals surface area contributed by atoms with Gasteiger partial charge in [0.25, 0.3) is 0 Å². The second kappa shape index (κ2) is 8.78. The van der Waals surface area contributed by atoms with Gasteiger partial charge < -0.3 is 9.64 Å². The van der Waals surface area contributed by atoms with Gasteiger partial charge >= 0.3 is 0 Å². The van der Waals surface area contributed by atoms with Crippen molar-refractivity contribution in [3.8, 4) is 0 Å². The van der Waals surface area contributed by atoms with Gasteiger partial charge in [-0.25, -0.2) is 13.1 Å². The lowest BCUT2D eigenvalue weighted by atomic mass is 9.97. The van der Waals surface area contributed by atoms with Crippen molar-refractivity contribution in [1.29, 1.82) is 0 Å². The molecule has 1 saturated heterocycles. The van der Waals surface area contributed by atoms with Crippen LogP contribution in [0.15, 0.2) is 24.3 Å². The molecular formula is C17H28N2O3S. The van der Waals surface area contributed by atoms with Crippen LogP contribution in [0.2, 0.25) is 0 Å². The Hall–Kier alpha value is -0.950. The lowest BCUT2D eigenvalue weighted by molar-refractivity contribution is 0.121. The maximum absolute atomic E-state index is 12.2. The van der Waals surface area contributed by atoms with Crippen molar-refractivity contribution in [2.45, 2.75) is 25.5 Å². The minimum absolute atomic E-state index is 0.0569. The largest absolute Gasteiger partial charge is 0.383 e. The van der Waals surface area contributed by atoms with Crippen LogP contribution in [0.3, 0.4) is 0 Å². The Morgan fingerprint density at radius 2 is 2.04 bits per heavy atom. The molecular weight excluding hydrogens is 312 g/mol. The highest BCUT2D eigenvalue weighted by atomic mass is 32.2. The molecule has 0 saturated carbocycles. The lowest BCUT2D eigenvalue weighted by Crippen LogP contribution is -2.40. The molecule has 0 unspecified atom stereocenters. The number of likely N-dealkylation sites (tertiary alicyclic amines) is 1. The van der Waals surface area contributed by atoms with Crippen molar-refractivity contribution in [1.82, 2.24) is 9.62 Å². The third-order valence-corrected chi connectivity index (χ3v) is 5.67. The molecule has 1 aliphatic rings. The highest BCUT2D eigenvalue weighted by Crippen LogP contribution is 2.17. The molecule has 1 fully saturated rings. The van der Waals surface area contributed by atoms with Crippen molar-refractivity contribution in [3.63, 3.8) is 0 Å². The van der Waals surface area contributed by atoms with Crippen molar-refractivity contribution in [2.75, 3.05) is 39.9 Å². The molecule has 0 atom stereocenters. The maximum Gasteiger partial charge on any atom is 0.215 e. The molecule has 23 heavy (non-hydrogen) atoms. The predicted octanol–water partition coefficient (Wildman–Crippen LogP) is 1.77. The molecule has 1 aromatic carbocycles. The number of benzene rings is 1. The Bertz CT molecular complexity index is 581. The van der Waals surface area contributed by atoms with E-state index in [0.717, 1.165) is 50.2 Å². The van der Waals surface area contributed by atoms with Gasteiger partial charge in [0, 0.05) is 20.2 Å². The van der Waals surface area contributed by atoms with Crippen LogP contribution in [-0.2, 0) is 20.5 Å². The van der Waals surface area contributed by atoms with Gasteiger partial charge in [0.1, 0.15) is 0 Å². The Balaban J connectivity index is 1.75. The van der Waals surface area contributed by atoms with Crippen LogP contribution >= 0.6 is 0 Å². The van der Waals surface area contributed by atoms with Crippen LogP contribution in [0, 0.1) is 12.8 Å². The third kappa shape index (κ3) is 6.59. The number of hydrogen-bond donors (Lipinski definition) is 1. The average Bonchev–Trinajstić information content (AvgIpc) is 2.51. The van der Waals surface area contributed by atoms with E-state index in [2.05, 4.69) is 9.62 Å². The fourth-order valence-electron chi connectivity index (χ4n) is 2.95. The monoisotopic (exact) mass is 340 g/mol. The second-order valence-electron chi connectivity index (χ2n) is 6.37. The van der Waals surface area contributed by atoms with E-state index in [1.54, 1.807) is 7.11 Å². The molecule has 0 radical (unpaired) electrons. The van der Waals surface area contributed by atoms with E-state index in [-0.39, 0.29) is 5.75 Å². The third-order valence-electron chi connectivity index (χ3n) is 4.35. The van der Waals surface area contributed by atoms with Crippen molar-refractivity contribution in [2.24, 2.45) is 5.92 Å². The smallest absolute Gasteiger partial charge is 0.215 e. The van der Waals surface area contributed by atoms with Crippen LogP contribution < -0.4 is 4.72 Å². The molecule has 1 heterocycles. The first-order chi connectivity index (χ1) is 11.0. The molecule has 5 nitrogen and oxygen atoms in total. The molecule has 0 spiro atoms. The number of sulfonamides is 1. The number of nitrogens with zero attached hydrogens (tertiary/aromatic N) is 1. The lowest BCUT2D eigenvalue weighted by Gasteiger charge is -2.31. The summed E-state index contributed by atoms with van der Waals surface area (Å²) in [6, 6.07) is 7.66. The van der Waals surface area contributed by atoms with Gasteiger partial charge in [-0.15, -0.1) is 0 Å². The minimum atomic E-state index is -3.26. The average molecular weight is 340 g/mol. The van der Waals surface area contributed by atoms with E-state index >= 15 is 0 Å². The predicted molar refractivity (Wildman–Crippen MR) is 92.8 cm³/mol. The van der Waals surface area contributed by atoms with Gasteiger partial charge in [-0.1, -0.05) is 29.8 Å². The normalized spacial score (nSPS) is 17.5. The minimum Gasteiger partial charge on any atom is -0.383 e. The number of ether oxygens (including phenoxy) is 1. The number of piperidine rings is 1. The number of aryl methyl sites for hydroxylation is 1. The zero-order valence-corrected chi connectivity index (χ0v) is 14.9. The van der Waals surface area contributed by atoms with Crippen molar-refractivity contribution >= 4 is 10.0 Å². The molecule has 0 aromatic heterocycles. The Morgan fingerprint density at radius 1 is 1.30 bits per heavy atom. The van der Waals surface area contributed by atoms with Gasteiger partial charge in [0.05, 0.1) is 12.4 Å². The first kappa shape index (κ1) is 18.4. The van der Waals surface area contributed by atoms with Gasteiger partial charge in [0.15, 0.2) is 0 Å². The molecule has 1 N–H and O–H groups in total. The van der Waals surface area contributed by atoms with Crippen molar-refractivity contribution < 1.29 is 13.2 Å². The number of nitrogens with one attached hydrogen (secondary N) is 1. The zero-order valence-electron chi connectivity index (χ0n) is 14.1. The van der Waals surface area contributed by atoms with Gasteiger partial charge in [-0.05, 0) is 44.3 Å². The molecule has 2 rings (SSSR count). The topological polar surface area (TPSA) is 58.6 Å². The summed E-state index contributed by atoms with van der Waals surface area (Å²) in [5.74, 6) is 0.488. The van der Waals surface area contributed by atoms with Gasteiger partial charge in [-0.3, -0.25) is 0 Å². The second-order valence-corrected chi connectivity index (χ2v) is 8.18. The van der Waals surface area contributed by atoms with Crippen molar-refractivity contribution in [3.05, 3.63) is 35.4 Å². The highest BCUT2D eigenvalue weighted by Gasteiger charge is 2.21. The van der Waals surface area contributed by atoms with Crippen LogP contribution in [0.4, 0.5) is 0 Å². The Labute approximate surface area is 140 Å². The van der Waals surface area contributed by atoms with E-state index in [1.807, 2.05) is 31.2 Å². The molecule has 1 aromatic rings. The summed E-state index contributed by atoms with van der Waals surface area (Å²) < 4.78 is 32.3. The number of rotatable bonds is 8. The first-order valence-corrected chi connectivity index (χ1v) is 9.88. The molecule has 0 amide bonds. The molecule has 6 heteroatoms. The molecule has 0 aliphatic carbocycles. The zero-order chi connectivity index (χ0) is 16.7. The van der Waals surface area contributed by atoms with E-state index < -0.39 is 10.0 Å². The van der Waals surface area contributed by atoms with Crippen LogP contribution in [0.5, 0.6) is 0 Å². The number of hydrogen-bond acceptors (Lipinski definition) is 4. The number of methoxy groups -OCH3 is 1. The van der Waals surface area contributed by atoms with E-state index in [4.69, 9.17) is 4.74 Å². The van der Waals surface area contributed by atoms with E-state index in [9.17, 15) is 8.42 Å². The van der Waals surface area contributed by atoms with Crippen LogP contribution in [-0.4, -0.2) is 53.2 Å². The van der Waals surface area contributed by atoms with Crippen LogP contribution in [0.1, 0.15) is 24.0 Å².